The Morgan fingerprint density at radius 3 is 2.72 bits per heavy atom. The molecule has 2 aromatic carbocycles. The zero-order valence-corrected chi connectivity index (χ0v) is 18.0. The first kappa shape index (κ1) is 21.2. The molecule has 2 aromatic heterocycles. The van der Waals surface area contributed by atoms with Crippen LogP contribution in [0.1, 0.15) is 36.7 Å². The van der Waals surface area contributed by atoms with Crippen molar-refractivity contribution in [2.45, 2.75) is 32.7 Å². The van der Waals surface area contributed by atoms with Gasteiger partial charge in [0, 0.05) is 24.0 Å². The molecule has 1 atom stereocenters. The Balaban J connectivity index is 1.32. The number of carbonyl (C=O) groups is 1. The number of ether oxygens (including phenoxy) is 1. The Labute approximate surface area is 184 Å². The molecular formula is C23H23N5O4. The third-order valence-electron chi connectivity index (χ3n) is 4.85. The van der Waals surface area contributed by atoms with Gasteiger partial charge in [0.25, 0.3) is 0 Å². The van der Waals surface area contributed by atoms with E-state index >= 15 is 0 Å². The van der Waals surface area contributed by atoms with Gasteiger partial charge in [0.05, 0.1) is 7.11 Å². The minimum absolute atomic E-state index is 0.186. The molecule has 9 heteroatoms. The Kier molecular flexibility index (Phi) is 6.25. The number of nitrogens with one attached hydrogen (secondary N) is 1. The monoisotopic (exact) mass is 433 g/mol. The SMILES string of the molecule is COc1cccc(-c2noc([C@@H](C)NC(=O)CCc3nnc(-c4ccc(C)cc4)o3)n2)c1. The molecule has 2 heterocycles. The van der Waals surface area contributed by atoms with Crippen LogP contribution >= 0.6 is 0 Å². The largest absolute Gasteiger partial charge is 0.497 e. The van der Waals surface area contributed by atoms with Crippen LogP contribution in [0.3, 0.4) is 0 Å². The third kappa shape index (κ3) is 5.00. The summed E-state index contributed by atoms with van der Waals surface area (Å²) in [7, 11) is 1.59. The normalized spacial score (nSPS) is 11.8. The van der Waals surface area contributed by atoms with Crippen molar-refractivity contribution in [1.29, 1.82) is 0 Å². The maximum atomic E-state index is 12.4. The summed E-state index contributed by atoms with van der Waals surface area (Å²) in [5, 5.41) is 14.9. The second-order valence-corrected chi connectivity index (χ2v) is 7.34. The van der Waals surface area contributed by atoms with Crippen LogP contribution in [-0.4, -0.2) is 33.4 Å². The van der Waals surface area contributed by atoms with E-state index in [1.165, 1.54) is 0 Å². The van der Waals surface area contributed by atoms with E-state index in [-0.39, 0.29) is 12.3 Å². The number of methoxy groups -OCH3 is 1. The highest BCUT2D eigenvalue weighted by Crippen LogP contribution is 2.23. The second-order valence-electron chi connectivity index (χ2n) is 7.34. The Morgan fingerprint density at radius 2 is 1.94 bits per heavy atom. The molecule has 0 aliphatic rings. The lowest BCUT2D eigenvalue weighted by Gasteiger charge is -2.08. The fourth-order valence-electron chi connectivity index (χ4n) is 3.05. The highest BCUT2D eigenvalue weighted by molar-refractivity contribution is 5.76. The molecule has 0 spiro atoms. The van der Waals surface area contributed by atoms with Gasteiger partial charge in [-0.1, -0.05) is 35.0 Å². The molecule has 1 amide bonds. The smallest absolute Gasteiger partial charge is 0.249 e. The summed E-state index contributed by atoms with van der Waals surface area (Å²) in [6, 6.07) is 14.7. The molecule has 0 saturated heterocycles. The fraction of sp³-hybridized carbons (Fsp3) is 0.261. The number of rotatable bonds is 8. The molecule has 0 unspecified atom stereocenters. The molecule has 32 heavy (non-hydrogen) atoms. The van der Waals surface area contributed by atoms with Crippen LogP contribution in [0.2, 0.25) is 0 Å². The van der Waals surface area contributed by atoms with Gasteiger partial charge in [-0.25, -0.2) is 0 Å². The number of amides is 1. The van der Waals surface area contributed by atoms with Crippen molar-refractivity contribution < 1.29 is 18.5 Å². The number of nitrogens with zero attached hydrogens (tertiary/aromatic N) is 4. The van der Waals surface area contributed by atoms with E-state index in [0.717, 1.165) is 16.7 Å². The second kappa shape index (κ2) is 9.42. The molecular weight excluding hydrogens is 410 g/mol. The maximum Gasteiger partial charge on any atom is 0.249 e. The fourth-order valence-corrected chi connectivity index (χ4v) is 3.05. The van der Waals surface area contributed by atoms with Crippen LogP contribution in [0.25, 0.3) is 22.8 Å². The molecule has 0 bridgehead atoms. The van der Waals surface area contributed by atoms with E-state index < -0.39 is 6.04 Å². The number of aryl methyl sites for hydroxylation is 2. The van der Waals surface area contributed by atoms with E-state index in [2.05, 4.69) is 25.7 Å². The lowest BCUT2D eigenvalue weighted by molar-refractivity contribution is -0.121. The van der Waals surface area contributed by atoms with E-state index in [4.69, 9.17) is 13.7 Å². The lowest BCUT2D eigenvalue weighted by Crippen LogP contribution is -2.27. The maximum absolute atomic E-state index is 12.4. The van der Waals surface area contributed by atoms with Gasteiger partial charge in [0.2, 0.25) is 29.4 Å². The topological polar surface area (TPSA) is 116 Å². The van der Waals surface area contributed by atoms with Crippen LogP contribution in [0.15, 0.2) is 57.5 Å². The minimum atomic E-state index is -0.444. The Hall–Kier alpha value is -4.01. The molecule has 9 nitrogen and oxygen atoms in total. The van der Waals surface area contributed by atoms with Crippen molar-refractivity contribution in [3.8, 4) is 28.6 Å². The summed E-state index contributed by atoms with van der Waals surface area (Å²) in [4.78, 5) is 16.7. The quantitative estimate of drug-likeness (QED) is 0.444. The summed E-state index contributed by atoms with van der Waals surface area (Å²) in [5.74, 6) is 2.09. The highest BCUT2D eigenvalue weighted by atomic mass is 16.5. The molecule has 4 rings (SSSR count). The van der Waals surface area contributed by atoms with Crippen molar-refractivity contribution in [2.75, 3.05) is 7.11 Å². The Morgan fingerprint density at radius 1 is 1.12 bits per heavy atom. The molecule has 0 fully saturated rings. The molecule has 0 saturated carbocycles. The van der Waals surface area contributed by atoms with E-state index in [9.17, 15) is 4.79 Å². The van der Waals surface area contributed by atoms with Gasteiger partial charge >= 0.3 is 0 Å². The molecule has 0 radical (unpaired) electrons. The van der Waals surface area contributed by atoms with E-state index in [1.54, 1.807) is 14.0 Å². The summed E-state index contributed by atoms with van der Waals surface area (Å²) in [6.45, 7) is 3.79. The van der Waals surface area contributed by atoms with Gasteiger partial charge in [-0.15, -0.1) is 10.2 Å². The summed E-state index contributed by atoms with van der Waals surface area (Å²) in [5.41, 5.74) is 2.76. The molecule has 164 valence electrons. The molecule has 0 aliphatic heterocycles. The number of benzene rings is 2. The average molecular weight is 433 g/mol. The van der Waals surface area contributed by atoms with Crippen LogP contribution in [0, 0.1) is 6.92 Å². The van der Waals surface area contributed by atoms with Crippen LogP contribution in [0.4, 0.5) is 0 Å². The first-order valence-electron chi connectivity index (χ1n) is 10.2. The van der Waals surface area contributed by atoms with E-state index in [1.807, 2.05) is 55.5 Å². The lowest BCUT2D eigenvalue weighted by atomic mass is 10.1. The van der Waals surface area contributed by atoms with Gasteiger partial charge in [0.1, 0.15) is 11.8 Å². The number of hydrogen-bond donors (Lipinski definition) is 1. The summed E-state index contributed by atoms with van der Waals surface area (Å²) >= 11 is 0. The van der Waals surface area contributed by atoms with E-state index in [0.29, 0.717) is 35.7 Å². The number of aromatic nitrogens is 4. The number of carbonyl (C=O) groups excluding carboxylic acids is 1. The summed E-state index contributed by atoms with van der Waals surface area (Å²) in [6.07, 6.45) is 0.521. The van der Waals surface area contributed by atoms with Crippen LogP contribution < -0.4 is 10.1 Å². The third-order valence-corrected chi connectivity index (χ3v) is 4.85. The average Bonchev–Trinajstić information content (AvgIpc) is 3.48. The zero-order chi connectivity index (χ0) is 22.5. The standard InChI is InChI=1S/C23H23N5O4/c1-14-7-9-16(10-8-14)23-27-26-20(31-23)12-11-19(29)24-15(2)22-25-21(28-32-22)17-5-4-6-18(13-17)30-3/h4-10,13,15H,11-12H2,1-3H3,(H,24,29)/t15-/m1/s1. The van der Waals surface area contributed by atoms with Crippen molar-refractivity contribution in [2.24, 2.45) is 0 Å². The van der Waals surface area contributed by atoms with Crippen molar-refractivity contribution in [3.63, 3.8) is 0 Å². The van der Waals surface area contributed by atoms with Gasteiger partial charge in [-0.3, -0.25) is 4.79 Å². The van der Waals surface area contributed by atoms with Gasteiger partial charge in [0.15, 0.2) is 0 Å². The van der Waals surface area contributed by atoms with Gasteiger partial charge in [-0.05, 0) is 38.1 Å². The first-order chi connectivity index (χ1) is 15.5. The predicted octanol–water partition coefficient (Wildman–Crippen LogP) is 3.91. The van der Waals surface area contributed by atoms with Gasteiger partial charge in [-0.2, -0.15) is 4.98 Å². The van der Waals surface area contributed by atoms with Gasteiger partial charge < -0.3 is 19.0 Å². The summed E-state index contributed by atoms with van der Waals surface area (Å²) < 4.78 is 16.2. The molecule has 1 N–H and O–H groups in total. The van der Waals surface area contributed by atoms with Crippen LogP contribution in [0.5, 0.6) is 5.75 Å². The minimum Gasteiger partial charge on any atom is -0.497 e. The first-order valence-corrected chi connectivity index (χ1v) is 10.2. The molecule has 0 aliphatic carbocycles. The number of hydrogen-bond acceptors (Lipinski definition) is 8. The predicted molar refractivity (Wildman–Crippen MR) is 116 cm³/mol. The van der Waals surface area contributed by atoms with Crippen LogP contribution in [-0.2, 0) is 11.2 Å². The molecule has 4 aromatic rings. The highest BCUT2D eigenvalue weighted by Gasteiger charge is 2.18. The zero-order valence-electron chi connectivity index (χ0n) is 18.0. The van der Waals surface area contributed by atoms with Crippen molar-refractivity contribution in [3.05, 3.63) is 65.9 Å². The van der Waals surface area contributed by atoms with Crippen molar-refractivity contribution >= 4 is 5.91 Å². The Bertz CT molecular complexity index is 1200. The van der Waals surface area contributed by atoms with Crippen molar-refractivity contribution in [1.82, 2.24) is 25.7 Å².